The molecule has 1 spiro atoms. The number of para-hydroxylation sites is 1. The Kier molecular flexibility index (Phi) is 7.97. The number of aromatic nitrogens is 1. The Labute approximate surface area is 294 Å². The minimum absolute atomic E-state index is 0.0163. The van der Waals surface area contributed by atoms with Gasteiger partial charge in [0, 0.05) is 28.8 Å². The van der Waals surface area contributed by atoms with Crippen LogP contribution in [-0.4, -0.2) is 42.3 Å². The third-order valence-corrected chi connectivity index (χ3v) is 9.83. The second-order valence-electron chi connectivity index (χ2n) is 13.3. The van der Waals surface area contributed by atoms with Crippen molar-refractivity contribution < 1.29 is 33.0 Å². The number of anilines is 1. The van der Waals surface area contributed by atoms with Crippen LogP contribution in [0.25, 0.3) is 11.1 Å². The van der Waals surface area contributed by atoms with Gasteiger partial charge in [0.2, 0.25) is 11.8 Å². The third kappa shape index (κ3) is 5.36. The van der Waals surface area contributed by atoms with Crippen molar-refractivity contribution in [2.24, 2.45) is 5.92 Å². The zero-order valence-electron chi connectivity index (χ0n) is 28.3. The molecule has 0 aliphatic carbocycles. The molecule has 3 aliphatic rings. The molecule has 0 fully saturated rings. The second-order valence-corrected chi connectivity index (χ2v) is 13.3. The van der Waals surface area contributed by atoms with Crippen LogP contribution in [0.15, 0.2) is 101 Å². The van der Waals surface area contributed by atoms with Gasteiger partial charge in [0.25, 0.3) is 0 Å². The number of rotatable bonds is 6. The molecule has 258 valence electrons. The van der Waals surface area contributed by atoms with Crippen molar-refractivity contribution in [3.63, 3.8) is 0 Å². The molecule has 0 saturated carbocycles. The number of carbonyl (C=O) groups excluding carboxylic acids is 3. The number of amides is 2. The topological polar surface area (TPSA) is 141 Å². The number of ether oxygens (including phenoxy) is 3. The summed E-state index contributed by atoms with van der Waals surface area (Å²) < 4.78 is 24.2. The molecule has 8 rings (SSSR count). The smallest absolute Gasteiger partial charge is 0.408 e. The first-order chi connectivity index (χ1) is 24.8. The average molecular weight is 685 g/mol. The highest BCUT2D eigenvalue weighted by atomic mass is 16.5. The number of hydrogen-bond donors (Lipinski definition) is 3. The molecular weight excluding hydrogens is 648 g/mol. The monoisotopic (exact) mass is 684 g/mol. The van der Waals surface area contributed by atoms with Gasteiger partial charge in [-0.15, -0.1) is 0 Å². The van der Waals surface area contributed by atoms with E-state index >= 15 is 0 Å². The largest absolute Gasteiger partial charge is 0.469 e. The number of esters is 1. The van der Waals surface area contributed by atoms with Crippen molar-refractivity contribution in [3.05, 3.63) is 137 Å². The van der Waals surface area contributed by atoms with E-state index in [0.29, 0.717) is 5.75 Å². The number of nitrogens with zero attached hydrogens (tertiary/aromatic N) is 1. The Morgan fingerprint density at radius 2 is 1.73 bits per heavy atom. The van der Waals surface area contributed by atoms with E-state index in [1.807, 2.05) is 111 Å². The molecule has 51 heavy (non-hydrogen) atoms. The number of carbonyl (C=O) groups is 3. The van der Waals surface area contributed by atoms with E-state index in [1.54, 1.807) is 0 Å². The van der Waals surface area contributed by atoms with Crippen LogP contribution in [0.1, 0.15) is 64.3 Å². The lowest BCUT2D eigenvalue weighted by atomic mass is 9.72. The van der Waals surface area contributed by atoms with Crippen LogP contribution >= 0.6 is 0 Å². The van der Waals surface area contributed by atoms with Gasteiger partial charge in [-0.05, 0) is 28.7 Å². The zero-order valence-corrected chi connectivity index (χ0v) is 28.3. The van der Waals surface area contributed by atoms with E-state index in [0.717, 1.165) is 39.1 Å². The van der Waals surface area contributed by atoms with Crippen LogP contribution in [0.3, 0.4) is 0 Å². The predicted octanol–water partition coefficient (Wildman–Crippen LogP) is 6.27. The Balaban J connectivity index is 1.29. The van der Waals surface area contributed by atoms with Crippen molar-refractivity contribution in [1.82, 2.24) is 15.6 Å². The van der Waals surface area contributed by atoms with Crippen LogP contribution in [0.5, 0.6) is 5.75 Å². The lowest BCUT2D eigenvalue weighted by molar-refractivity contribution is -0.124. The van der Waals surface area contributed by atoms with Crippen molar-refractivity contribution >= 4 is 23.7 Å². The maximum Gasteiger partial charge on any atom is 0.408 e. The minimum atomic E-state index is -1.18. The first-order valence-electron chi connectivity index (χ1n) is 16.9. The molecule has 4 heterocycles. The molecule has 11 heteroatoms. The summed E-state index contributed by atoms with van der Waals surface area (Å²) >= 11 is 0. The fourth-order valence-corrected chi connectivity index (χ4v) is 7.38. The van der Waals surface area contributed by atoms with Gasteiger partial charge in [0.05, 0.1) is 7.11 Å². The average Bonchev–Trinajstić information content (AvgIpc) is 3.82. The number of alkyl carbamates (subject to hydrolysis) is 1. The van der Waals surface area contributed by atoms with Gasteiger partial charge in [-0.1, -0.05) is 105 Å². The normalized spacial score (nSPS) is 21.2. The second kappa shape index (κ2) is 12.7. The maximum atomic E-state index is 14.0. The van der Waals surface area contributed by atoms with Crippen LogP contribution in [0.4, 0.5) is 10.5 Å². The lowest BCUT2D eigenvalue weighted by Crippen LogP contribution is -2.49. The number of benzene rings is 4. The maximum absolute atomic E-state index is 14.0. The van der Waals surface area contributed by atoms with E-state index < -0.39 is 41.7 Å². The van der Waals surface area contributed by atoms with Crippen LogP contribution in [0, 0.1) is 5.92 Å². The summed E-state index contributed by atoms with van der Waals surface area (Å²) in [4.78, 5) is 45.5. The molecule has 4 atom stereocenters. The number of methoxy groups -OCH3 is 1. The Morgan fingerprint density at radius 1 is 0.961 bits per heavy atom. The summed E-state index contributed by atoms with van der Waals surface area (Å²) in [5.41, 5.74) is 4.71. The SMILES string of the molecule is COC(=O)c1nc2oc1C13c4cc(ccc4OC1Nc1c(-c4ccccc4)cccc13)C[C@H](NC(=O)OCc1ccccc1)C(=O)N[C@H]2C(C)C. The van der Waals surface area contributed by atoms with Crippen molar-refractivity contribution in [1.29, 1.82) is 0 Å². The molecular formula is C40H36N4O7. The summed E-state index contributed by atoms with van der Waals surface area (Å²) in [6.07, 6.45) is -1.31. The van der Waals surface area contributed by atoms with E-state index in [4.69, 9.17) is 23.6 Å². The highest BCUT2D eigenvalue weighted by Crippen LogP contribution is 2.60. The summed E-state index contributed by atoms with van der Waals surface area (Å²) in [5, 5.41) is 9.45. The molecule has 5 aromatic rings. The van der Waals surface area contributed by atoms with E-state index in [9.17, 15) is 14.4 Å². The molecule has 0 saturated heterocycles. The Hall–Kier alpha value is -6.10. The quantitative estimate of drug-likeness (QED) is 0.177. The minimum Gasteiger partial charge on any atom is -0.469 e. The standard InChI is InChI=1S/C40H36N4O7/c1-22(2)31-36-43-33(37(46)48-3)34(51-36)40-27-16-10-15-26(25-13-8-5-9-14-25)32(27)44-38(40)50-30-18-17-24(19-28(30)40)20-29(35(45)42-31)41-39(47)49-21-23-11-6-4-7-12-23/h4-19,22,29,31,38,44H,20-21H2,1-3H3,(H,41,47)(H,42,45)/t29-,31-,38?,40?/m0/s1. The van der Waals surface area contributed by atoms with Crippen molar-refractivity contribution in [3.8, 4) is 16.9 Å². The number of fused-ring (bicyclic) bond motifs is 4. The molecule has 2 unspecified atom stereocenters. The molecule has 1 aromatic heterocycles. The first kappa shape index (κ1) is 32.1. The highest BCUT2D eigenvalue weighted by Gasteiger charge is 2.61. The molecule has 3 N–H and O–H groups in total. The lowest BCUT2D eigenvalue weighted by Gasteiger charge is -2.28. The van der Waals surface area contributed by atoms with Gasteiger partial charge in [-0.2, -0.15) is 0 Å². The van der Waals surface area contributed by atoms with E-state index in [1.165, 1.54) is 7.11 Å². The summed E-state index contributed by atoms with van der Waals surface area (Å²) in [6.45, 7) is 3.87. The molecule has 4 aromatic carbocycles. The van der Waals surface area contributed by atoms with Crippen LogP contribution < -0.4 is 20.7 Å². The van der Waals surface area contributed by atoms with E-state index in [2.05, 4.69) is 16.0 Å². The van der Waals surface area contributed by atoms with Gasteiger partial charge >= 0.3 is 12.1 Å². The van der Waals surface area contributed by atoms with Crippen molar-refractivity contribution in [2.75, 3.05) is 12.4 Å². The van der Waals surface area contributed by atoms with Gasteiger partial charge in [-0.3, -0.25) is 4.79 Å². The zero-order chi connectivity index (χ0) is 35.3. The number of oxazole rings is 1. The molecule has 11 nitrogen and oxygen atoms in total. The number of hydrogen-bond acceptors (Lipinski definition) is 9. The molecule has 2 amide bonds. The fourth-order valence-electron chi connectivity index (χ4n) is 7.38. The van der Waals surface area contributed by atoms with Crippen molar-refractivity contribution in [2.45, 2.75) is 50.6 Å². The predicted molar refractivity (Wildman–Crippen MR) is 187 cm³/mol. The Morgan fingerprint density at radius 3 is 2.47 bits per heavy atom. The summed E-state index contributed by atoms with van der Waals surface area (Å²) in [5.74, 6) is -0.412. The fraction of sp³-hybridized carbons (Fsp3) is 0.250. The molecule has 0 radical (unpaired) electrons. The number of nitrogens with one attached hydrogen (secondary N) is 3. The molecule has 4 bridgehead atoms. The summed E-state index contributed by atoms with van der Waals surface area (Å²) in [6, 6.07) is 29.2. The third-order valence-electron chi connectivity index (χ3n) is 9.83. The first-order valence-corrected chi connectivity index (χ1v) is 16.9. The van der Waals surface area contributed by atoms with Gasteiger partial charge in [0.15, 0.2) is 17.7 Å². The van der Waals surface area contributed by atoms with Crippen LogP contribution in [0.2, 0.25) is 0 Å². The van der Waals surface area contributed by atoms with Gasteiger partial charge in [-0.25, -0.2) is 14.6 Å². The van der Waals surface area contributed by atoms with Gasteiger partial charge < -0.3 is 34.6 Å². The van der Waals surface area contributed by atoms with E-state index in [-0.39, 0.29) is 36.3 Å². The highest BCUT2D eigenvalue weighted by molar-refractivity contribution is 5.92. The summed E-state index contributed by atoms with van der Waals surface area (Å²) in [7, 11) is 1.30. The van der Waals surface area contributed by atoms with Gasteiger partial charge in [0.1, 0.15) is 29.9 Å². The molecule has 3 aliphatic heterocycles. The van der Waals surface area contributed by atoms with Crippen LogP contribution in [-0.2, 0) is 32.7 Å². The Bertz CT molecular complexity index is 2150.